The average molecular weight is 273 g/mol. The van der Waals surface area contributed by atoms with Crippen molar-refractivity contribution in [3.63, 3.8) is 0 Å². The molecule has 0 amide bonds. The number of fused-ring (bicyclic) bond motifs is 1. The first-order chi connectivity index (χ1) is 9.78. The van der Waals surface area contributed by atoms with Crippen molar-refractivity contribution in [2.75, 3.05) is 6.54 Å². The third-order valence-electron chi connectivity index (χ3n) is 4.11. The number of hydrogen-bond acceptors (Lipinski definition) is 3. The molecule has 4 nitrogen and oxygen atoms in total. The van der Waals surface area contributed by atoms with Gasteiger partial charge in [0, 0.05) is 6.54 Å². The maximum absolute atomic E-state index is 9.30. The minimum atomic E-state index is -0.0635. The lowest BCUT2D eigenvalue weighted by atomic mass is 9.82. The maximum Gasteiger partial charge on any atom is 0.123 e. The summed E-state index contributed by atoms with van der Waals surface area (Å²) in [5, 5.41) is 12.8. The molecule has 1 aromatic carbocycles. The highest BCUT2D eigenvalue weighted by Gasteiger charge is 2.26. The number of imidazole rings is 1. The van der Waals surface area contributed by atoms with Crippen molar-refractivity contribution in [1.29, 1.82) is 0 Å². The molecule has 2 aromatic rings. The van der Waals surface area contributed by atoms with Crippen LogP contribution >= 0.6 is 0 Å². The molecular weight excluding hydrogens is 250 g/mol. The Bertz CT molecular complexity index is 572. The zero-order valence-corrected chi connectivity index (χ0v) is 12.0. The third-order valence-corrected chi connectivity index (χ3v) is 4.11. The molecule has 1 heterocycles. The number of aliphatic hydroxyl groups excluding tert-OH is 1. The van der Waals surface area contributed by atoms with Gasteiger partial charge in [0.15, 0.2) is 0 Å². The monoisotopic (exact) mass is 273 g/mol. The van der Waals surface area contributed by atoms with E-state index in [-0.39, 0.29) is 6.10 Å². The lowest BCUT2D eigenvalue weighted by molar-refractivity contribution is 0.0429. The standard InChI is InChI=1S/C16H23N3O/c1-2-7-19-15-6-4-3-5-14(15)18-16(19)11-17-10-12-8-13(20)9-12/h3-6,12-13,17,20H,2,7-11H2,1H3. The van der Waals surface area contributed by atoms with Gasteiger partial charge in [-0.1, -0.05) is 19.1 Å². The van der Waals surface area contributed by atoms with Crippen LogP contribution in [0, 0.1) is 5.92 Å². The SMILES string of the molecule is CCCn1c(CNCC2CC(O)C2)nc2ccccc21. The number of benzene rings is 1. The molecule has 1 aliphatic rings. The van der Waals surface area contributed by atoms with E-state index in [0.29, 0.717) is 5.92 Å². The molecule has 1 saturated carbocycles. The Kier molecular flexibility index (Phi) is 4.03. The molecule has 0 bridgehead atoms. The molecule has 4 heteroatoms. The summed E-state index contributed by atoms with van der Waals surface area (Å²) >= 11 is 0. The maximum atomic E-state index is 9.30. The molecule has 1 aliphatic carbocycles. The fourth-order valence-electron chi connectivity index (χ4n) is 2.99. The molecule has 3 rings (SSSR count). The number of aliphatic hydroxyl groups is 1. The van der Waals surface area contributed by atoms with Crippen LogP contribution in [0.15, 0.2) is 24.3 Å². The highest BCUT2D eigenvalue weighted by Crippen LogP contribution is 2.26. The Labute approximate surface area is 119 Å². The van der Waals surface area contributed by atoms with Gasteiger partial charge < -0.3 is 15.0 Å². The second-order valence-electron chi connectivity index (χ2n) is 5.79. The van der Waals surface area contributed by atoms with E-state index in [0.717, 1.165) is 50.2 Å². The summed E-state index contributed by atoms with van der Waals surface area (Å²) in [5.74, 6) is 1.75. The van der Waals surface area contributed by atoms with Crippen molar-refractivity contribution in [3.8, 4) is 0 Å². The van der Waals surface area contributed by atoms with E-state index in [1.807, 2.05) is 6.07 Å². The summed E-state index contributed by atoms with van der Waals surface area (Å²) in [6.07, 6.45) is 2.94. The molecular formula is C16H23N3O. The van der Waals surface area contributed by atoms with Crippen molar-refractivity contribution in [2.24, 2.45) is 5.92 Å². The summed E-state index contributed by atoms with van der Waals surface area (Å²) in [4.78, 5) is 4.74. The molecule has 0 unspecified atom stereocenters. The zero-order chi connectivity index (χ0) is 13.9. The normalized spacial score (nSPS) is 22.1. The van der Waals surface area contributed by atoms with Crippen molar-refractivity contribution in [2.45, 2.75) is 45.4 Å². The molecule has 2 N–H and O–H groups in total. The number of nitrogens with one attached hydrogen (secondary N) is 1. The minimum Gasteiger partial charge on any atom is -0.393 e. The topological polar surface area (TPSA) is 50.1 Å². The third kappa shape index (κ3) is 2.72. The van der Waals surface area contributed by atoms with Crippen LogP contribution in [0.25, 0.3) is 11.0 Å². The molecule has 0 radical (unpaired) electrons. The summed E-state index contributed by atoms with van der Waals surface area (Å²) in [6.45, 7) is 5.00. The lowest BCUT2D eigenvalue weighted by Gasteiger charge is -2.31. The number of hydrogen-bond donors (Lipinski definition) is 2. The van der Waals surface area contributed by atoms with Crippen LogP contribution < -0.4 is 5.32 Å². The van der Waals surface area contributed by atoms with Gasteiger partial charge in [-0.3, -0.25) is 0 Å². The second-order valence-corrected chi connectivity index (χ2v) is 5.79. The Morgan fingerprint density at radius 3 is 2.90 bits per heavy atom. The van der Waals surface area contributed by atoms with Crippen LogP contribution in [0.4, 0.5) is 0 Å². The smallest absolute Gasteiger partial charge is 0.123 e. The van der Waals surface area contributed by atoms with E-state index in [1.165, 1.54) is 5.52 Å². The van der Waals surface area contributed by atoms with E-state index in [2.05, 4.69) is 35.0 Å². The van der Waals surface area contributed by atoms with Crippen molar-refractivity contribution >= 4 is 11.0 Å². The molecule has 108 valence electrons. The molecule has 0 atom stereocenters. The predicted octanol–water partition coefficient (Wildman–Crippen LogP) is 2.31. The summed E-state index contributed by atoms with van der Waals surface area (Å²) < 4.78 is 2.32. The minimum absolute atomic E-state index is 0.0635. The first kappa shape index (κ1) is 13.6. The van der Waals surface area contributed by atoms with Gasteiger partial charge in [-0.05, 0) is 43.9 Å². The first-order valence-electron chi connectivity index (χ1n) is 7.61. The first-order valence-corrected chi connectivity index (χ1v) is 7.61. The van der Waals surface area contributed by atoms with E-state index >= 15 is 0 Å². The van der Waals surface area contributed by atoms with Gasteiger partial charge in [-0.2, -0.15) is 0 Å². The average Bonchev–Trinajstić information content (AvgIpc) is 2.76. The van der Waals surface area contributed by atoms with Gasteiger partial charge in [0.1, 0.15) is 5.82 Å². The van der Waals surface area contributed by atoms with E-state index in [1.54, 1.807) is 0 Å². The fraction of sp³-hybridized carbons (Fsp3) is 0.562. The Morgan fingerprint density at radius 2 is 2.15 bits per heavy atom. The van der Waals surface area contributed by atoms with Gasteiger partial charge in [-0.15, -0.1) is 0 Å². The summed E-state index contributed by atoms with van der Waals surface area (Å²) in [6, 6.07) is 8.33. The van der Waals surface area contributed by atoms with Crippen LogP contribution in [-0.2, 0) is 13.1 Å². The highest BCUT2D eigenvalue weighted by atomic mass is 16.3. The number of aromatic nitrogens is 2. The fourth-order valence-corrected chi connectivity index (χ4v) is 2.99. The number of para-hydroxylation sites is 2. The van der Waals surface area contributed by atoms with Crippen LogP contribution in [0.2, 0.25) is 0 Å². The van der Waals surface area contributed by atoms with Gasteiger partial charge >= 0.3 is 0 Å². The lowest BCUT2D eigenvalue weighted by Crippen LogP contribution is -2.36. The summed E-state index contributed by atoms with van der Waals surface area (Å²) in [5.41, 5.74) is 2.31. The molecule has 1 fully saturated rings. The van der Waals surface area contributed by atoms with Crippen LogP contribution in [0.1, 0.15) is 32.0 Å². The quantitative estimate of drug-likeness (QED) is 0.849. The Morgan fingerprint density at radius 1 is 1.35 bits per heavy atom. The molecule has 0 aliphatic heterocycles. The highest BCUT2D eigenvalue weighted by molar-refractivity contribution is 5.75. The number of aryl methyl sites for hydroxylation is 1. The predicted molar refractivity (Wildman–Crippen MR) is 80.5 cm³/mol. The van der Waals surface area contributed by atoms with Crippen molar-refractivity contribution < 1.29 is 5.11 Å². The van der Waals surface area contributed by atoms with Crippen molar-refractivity contribution in [3.05, 3.63) is 30.1 Å². The van der Waals surface area contributed by atoms with E-state index < -0.39 is 0 Å². The van der Waals surface area contributed by atoms with Gasteiger partial charge in [0.25, 0.3) is 0 Å². The largest absolute Gasteiger partial charge is 0.393 e. The van der Waals surface area contributed by atoms with E-state index in [4.69, 9.17) is 4.98 Å². The van der Waals surface area contributed by atoms with Gasteiger partial charge in [-0.25, -0.2) is 4.98 Å². The Hall–Kier alpha value is -1.39. The van der Waals surface area contributed by atoms with Gasteiger partial charge in [0.2, 0.25) is 0 Å². The zero-order valence-electron chi connectivity index (χ0n) is 12.0. The second kappa shape index (κ2) is 5.94. The van der Waals surface area contributed by atoms with Crippen LogP contribution in [0.5, 0.6) is 0 Å². The van der Waals surface area contributed by atoms with Crippen molar-refractivity contribution in [1.82, 2.24) is 14.9 Å². The molecule has 20 heavy (non-hydrogen) atoms. The molecule has 0 saturated heterocycles. The van der Waals surface area contributed by atoms with Crippen LogP contribution in [-0.4, -0.2) is 27.3 Å². The summed E-state index contributed by atoms with van der Waals surface area (Å²) in [7, 11) is 0. The molecule has 1 aromatic heterocycles. The molecule has 0 spiro atoms. The number of rotatable bonds is 6. The van der Waals surface area contributed by atoms with Gasteiger partial charge in [0.05, 0.1) is 23.7 Å². The van der Waals surface area contributed by atoms with E-state index in [9.17, 15) is 5.11 Å². The van der Waals surface area contributed by atoms with Crippen LogP contribution in [0.3, 0.4) is 0 Å². The number of nitrogens with zero attached hydrogens (tertiary/aromatic N) is 2. The Balaban J connectivity index is 1.68.